The van der Waals surface area contributed by atoms with Crippen LogP contribution in [0, 0.1) is 0 Å². The fourth-order valence-electron chi connectivity index (χ4n) is 2.11. The van der Waals surface area contributed by atoms with Crippen LogP contribution in [0.5, 0.6) is 0 Å². The first-order valence-electron chi connectivity index (χ1n) is 4.83. The molecule has 0 atom stereocenters. The summed E-state index contributed by atoms with van der Waals surface area (Å²) in [6, 6.07) is 6.39. The first-order chi connectivity index (χ1) is 6.71. The highest BCUT2D eigenvalue weighted by atomic mass is 79.9. The SMILES string of the molecule is C=C1COC2(CC2)c2cc(Br)ccc21. The summed E-state index contributed by atoms with van der Waals surface area (Å²) in [7, 11) is 0. The van der Waals surface area contributed by atoms with Crippen molar-refractivity contribution in [3.05, 3.63) is 40.4 Å². The highest BCUT2D eigenvalue weighted by Crippen LogP contribution is 2.54. The fraction of sp³-hybridized carbons (Fsp3) is 0.333. The van der Waals surface area contributed by atoms with Gasteiger partial charge in [0.15, 0.2) is 0 Å². The van der Waals surface area contributed by atoms with Gasteiger partial charge in [0.1, 0.15) is 0 Å². The summed E-state index contributed by atoms with van der Waals surface area (Å²) in [6.07, 6.45) is 2.31. The first-order valence-corrected chi connectivity index (χ1v) is 5.63. The largest absolute Gasteiger partial charge is 0.366 e. The van der Waals surface area contributed by atoms with E-state index in [4.69, 9.17) is 4.74 Å². The summed E-state index contributed by atoms with van der Waals surface area (Å²) >= 11 is 3.50. The molecule has 1 fully saturated rings. The van der Waals surface area contributed by atoms with Crippen LogP contribution >= 0.6 is 15.9 Å². The van der Waals surface area contributed by atoms with Crippen LogP contribution in [0.1, 0.15) is 24.0 Å². The Balaban J connectivity index is 2.22. The standard InChI is InChI=1S/C12H11BrO/c1-8-7-14-12(4-5-12)11-6-9(13)2-3-10(8)11/h2-3,6H,1,4-5,7H2. The molecule has 0 bridgehead atoms. The Morgan fingerprint density at radius 2 is 2.14 bits per heavy atom. The van der Waals surface area contributed by atoms with Gasteiger partial charge < -0.3 is 4.74 Å². The summed E-state index contributed by atoms with van der Waals surface area (Å²) in [4.78, 5) is 0. The van der Waals surface area contributed by atoms with E-state index in [-0.39, 0.29) is 5.60 Å². The molecular weight excluding hydrogens is 240 g/mol. The van der Waals surface area contributed by atoms with Gasteiger partial charge in [-0.25, -0.2) is 0 Å². The molecule has 0 aromatic heterocycles. The lowest BCUT2D eigenvalue weighted by Crippen LogP contribution is -2.21. The molecule has 1 heterocycles. The minimum Gasteiger partial charge on any atom is -0.366 e. The molecule has 0 unspecified atom stereocenters. The Bertz CT molecular complexity index is 418. The number of ether oxygens (including phenoxy) is 1. The maximum absolute atomic E-state index is 5.85. The van der Waals surface area contributed by atoms with Crippen molar-refractivity contribution < 1.29 is 4.74 Å². The van der Waals surface area contributed by atoms with E-state index in [1.54, 1.807) is 0 Å². The smallest absolute Gasteiger partial charge is 0.0944 e. The quantitative estimate of drug-likeness (QED) is 0.685. The second-order valence-electron chi connectivity index (χ2n) is 4.08. The molecule has 1 saturated carbocycles. The molecular formula is C12H11BrO. The zero-order valence-electron chi connectivity index (χ0n) is 7.85. The van der Waals surface area contributed by atoms with E-state index >= 15 is 0 Å². The van der Waals surface area contributed by atoms with Gasteiger partial charge in [-0.05, 0) is 41.7 Å². The molecule has 0 amide bonds. The van der Waals surface area contributed by atoms with Crippen molar-refractivity contribution in [3.8, 4) is 0 Å². The van der Waals surface area contributed by atoms with Crippen LogP contribution in [0.15, 0.2) is 29.3 Å². The maximum Gasteiger partial charge on any atom is 0.0944 e. The van der Waals surface area contributed by atoms with E-state index in [1.807, 2.05) is 0 Å². The molecule has 72 valence electrons. The van der Waals surface area contributed by atoms with Gasteiger partial charge in [0.25, 0.3) is 0 Å². The molecule has 1 aliphatic carbocycles. The number of halogens is 1. The van der Waals surface area contributed by atoms with Gasteiger partial charge in [-0.1, -0.05) is 28.6 Å². The summed E-state index contributed by atoms with van der Waals surface area (Å²) < 4.78 is 6.98. The molecule has 2 heteroatoms. The van der Waals surface area contributed by atoms with Crippen LogP contribution in [-0.4, -0.2) is 6.61 Å². The van der Waals surface area contributed by atoms with Gasteiger partial charge in [0.2, 0.25) is 0 Å². The van der Waals surface area contributed by atoms with Gasteiger partial charge >= 0.3 is 0 Å². The topological polar surface area (TPSA) is 9.23 Å². The van der Waals surface area contributed by atoms with Crippen molar-refractivity contribution >= 4 is 21.5 Å². The molecule has 0 saturated heterocycles. The van der Waals surface area contributed by atoms with Crippen LogP contribution in [0.2, 0.25) is 0 Å². The maximum atomic E-state index is 5.85. The number of hydrogen-bond donors (Lipinski definition) is 0. The third kappa shape index (κ3) is 1.11. The van der Waals surface area contributed by atoms with Crippen LogP contribution in [0.3, 0.4) is 0 Å². The normalized spacial score (nSPS) is 22.2. The highest BCUT2D eigenvalue weighted by molar-refractivity contribution is 9.10. The van der Waals surface area contributed by atoms with Crippen molar-refractivity contribution in [2.75, 3.05) is 6.61 Å². The molecule has 1 aromatic rings. The lowest BCUT2D eigenvalue weighted by atomic mass is 9.93. The molecule has 1 aromatic carbocycles. The molecule has 3 rings (SSSR count). The van der Waals surface area contributed by atoms with Crippen molar-refractivity contribution in [2.45, 2.75) is 18.4 Å². The number of rotatable bonds is 0. The lowest BCUT2D eigenvalue weighted by Gasteiger charge is -2.27. The molecule has 0 N–H and O–H groups in total. The Morgan fingerprint density at radius 1 is 1.36 bits per heavy atom. The lowest BCUT2D eigenvalue weighted by molar-refractivity contribution is 0.0477. The monoisotopic (exact) mass is 250 g/mol. The van der Waals surface area contributed by atoms with E-state index in [0.29, 0.717) is 6.61 Å². The predicted octanol–water partition coefficient (Wildman–Crippen LogP) is 3.48. The van der Waals surface area contributed by atoms with E-state index in [9.17, 15) is 0 Å². The van der Waals surface area contributed by atoms with Gasteiger partial charge in [-0.15, -0.1) is 0 Å². The van der Waals surface area contributed by atoms with E-state index < -0.39 is 0 Å². The second kappa shape index (κ2) is 2.71. The minimum atomic E-state index is 0.0420. The first kappa shape index (κ1) is 8.69. The summed E-state index contributed by atoms with van der Waals surface area (Å²) in [5.74, 6) is 0. The van der Waals surface area contributed by atoms with Crippen LogP contribution in [0.25, 0.3) is 5.57 Å². The van der Waals surface area contributed by atoms with Gasteiger partial charge in [0.05, 0.1) is 12.2 Å². The minimum absolute atomic E-state index is 0.0420. The van der Waals surface area contributed by atoms with Crippen molar-refractivity contribution in [3.63, 3.8) is 0 Å². The van der Waals surface area contributed by atoms with E-state index in [0.717, 1.165) is 22.9 Å². The Labute approximate surface area is 91.9 Å². The van der Waals surface area contributed by atoms with Crippen LogP contribution in [0.4, 0.5) is 0 Å². The highest BCUT2D eigenvalue weighted by Gasteiger charge is 2.49. The number of benzene rings is 1. The molecule has 1 spiro atoms. The summed E-state index contributed by atoms with van der Waals surface area (Å²) in [5.41, 5.74) is 3.76. The zero-order chi connectivity index (χ0) is 9.76. The molecule has 2 aliphatic rings. The van der Waals surface area contributed by atoms with Gasteiger partial charge in [-0.2, -0.15) is 0 Å². The number of hydrogen-bond acceptors (Lipinski definition) is 1. The molecule has 14 heavy (non-hydrogen) atoms. The van der Waals surface area contributed by atoms with E-state index in [2.05, 4.69) is 40.7 Å². The average Bonchev–Trinajstić information content (AvgIpc) is 2.93. The van der Waals surface area contributed by atoms with E-state index in [1.165, 1.54) is 11.1 Å². The van der Waals surface area contributed by atoms with Crippen LogP contribution in [-0.2, 0) is 10.3 Å². The fourth-order valence-corrected chi connectivity index (χ4v) is 2.47. The van der Waals surface area contributed by atoms with Crippen molar-refractivity contribution in [2.24, 2.45) is 0 Å². The van der Waals surface area contributed by atoms with Gasteiger partial charge in [-0.3, -0.25) is 0 Å². The molecule has 0 radical (unpaired) electrons. The van der Waals surface area contributed by atoms with Crippen molar-refractivity contribution in [1.29, 1.82) is 0 Å². The zero-order valence-corrected chi connectivity index (χ0v) is 9.43. The molecule has 1 aliphatic heterocycles. The van der Waals surface area contributed by atoms with Gasteiger partial charge in [0, 0.05) is 4.47 Å². The third-order valence-corrected chi connectivity index (χ3v) is 3.57. The average molecular weight is 251 g/mol. The Hall–Kier alpha value is -0.600. The van der Waals surface area contributed by atoms with Crippen LogP contribution < -0.4 is 0 Å². The van der Waals surface area contributed by atoms with Crippen molar-refractivity contribution in [1.82, 2.24) is 0 Å². The molecule has 1 nitrogen and oxygen atoms in total. The third-order valence-electron chi connectivity index (χ3n) is 3.08. The Morgan fingerprint density at radius 3 is 2.86 bits per heavy atom. The Kier molecular flexibility index (Phi) is 1.68. The predicted molar refractivity (Wildman–Crippen MR) is 60.0 cm³/mol. The summed E-state index contributed by atoms with van der Waals surface area (Å²) in [5, 5.41) is 0. The summed E-state index contributed by atoms with van der Waals surface area (Å²) in [6.45, 7) is 4.73. The number of fused-ring (bicyclic) bond motifs is 2. The second-order valence-corrected chi connectivity index (χ2v) is 4.99.